The number of nitriles is 1. The molecule has 0 heterocycles. The first-order valence-electron chi connectivity index (χ1n) is 7.91. The molecule has 3 rings (SSSR count). The molecule has 0 saturated heterocycles. The highest BCUT2D eigenvalue weighted by Crippen LogP contribution is 2.63. The molecule has 1 fully saturated rings. The molecule has 0 spiro atoms. The van der Waals surface area contributed by atoms with Gasteiger partial charge in [-0.3, -0.25) is 0 Å². The summed E-state index contributed by atoms with van der Waals surface area (Å²) in [4.78, 5) is 0.254. The number of hydrogen-bond donors (Lipinski definition) is 0. The van der Waals surface area contributed by atoms with Crippen LogP contribution < -0.4 is 0 Å². The molecule has 0 bridgehead atoms. The van der Waals surface area contributed by atoms with Crippen molar-refractivity contribution in [2.24, 2.45) is 5.41 Å². The molecule has 5 heteroatoms. The molecule has 124 valence electrons. The van der Waals surface area contributed by atoms with Crippen molar-refractivity contribution in [2.45, 2.75) is 23.0 Å². The predicted molar refractivity (Wildman–Crippen MR) is 91.1 cm³/mol. The molecule has 0 radical (unpaired) electrons. The number of sulfone groups is 1. The van der Waals surface area contributed by atoms with Crippen LogP contribution in [0.2, 0.25) is 0 Å². The minimum absolute atomic E-state index is 0.121. The monoisotopic (exact) mass is 341 g/mol. The Morgan fingerprint density at radius 1 is 1.08 bits per heavy atom. The molecule has 2 aromatic carbocycles. The van der Waals surface area contributed by atoms with Gasteiger partial charge >= 0.3 is 0 Å². The summed E-state index contributed by atoms with van der Waals surface area (Å²) in [7, 11) is -3.62. The quantitative estimate of drug-likeness (QED) is 0.809. The van der Waals surface area contributed by atoms with Gasteiger partial charge in [0.25, 0.3) is 0 Å². The Balaban J connectivity index is 2.06. The number of hydrogen-bond acceptors (Lipinski definition) is 4. The van der Waals surface area contributed by atoms with Gasteiger partial charge in [-0.2, -0.15) is 5.26 Å². The molecule has 0 aromatic heterocycles. The second-order valence-corrected chi connectivity index (χ2v) is 8.03. The van der Waals surface area contributed by atoms with Gasteiger partial charge < -0.3 is 4.74 Å². The standard InChI is InChI=1S/C19H19NO3S/c1-2-23-14-19(13-20)17(15-9-5-3-6-10-15)18(19)24(21,22)16-11-7-4-8-12-16/h3-12,17-18H,2,14H2,1H3/t17-,18-,19-/m0/s1. The van der Waals surface area contributed by atoms with Crippen LogP contribution in [0.1, 0.15) is 18.4 Å². The predicted octanol–water partition coefficient (Wildman–Crippen LogP) is 3.17. The number of benzene rings is 2. The van der Waals surface area contributed by atoms with E-state index in [1.54, 1.807) is 30.3 Å². The van der Waals surface area contributed by atoms with E-state index in [1.807, 2.05) is 37.3 Å². The highest BCUT2D eigenvalue weighted by molar-refractivity contribution is 7.92. The Morgan fingerprint density at radius 3 is 2.21 bits per heavy atom. The lowest BCUT2D eigenvalue weighted by molar-refractivity contribution is 0.117. The SMILES string of the molecule is CCOC[C@@]1(C#N)[C@@H](c2ccccc2)[C@@H]1S(=O)(=O)c1ccccc1. The van der Waals surface area contributed by atoms with Gasteiger partial charge in [0.05, 0.1) is 22.8 Å². The zero-order valence-electron chi connectivity index (χ0n) is 13.4. The van der Waals surface area contributed by atoms with E-state index >= 15 is 0 Å². The fourth-order valence-corrected chi connectivity index (χ4v) is 5.69. The molecule has 24 heavy (non-hydrogen) atoms. The average molecular weight is 341 g/mol. The Kier molecular flexibility index (Phi) is 4.44. The van der Waals surface area contributed by atoms with Gasteiger partial charge in [-0.1, -0.05) is 48.5 Å². The van der Waals surface area contributed by atoms with Crippen LogP contribution in [-0.2, 0) is 14.6 Å². The van der Waals surface area contributed by atoms with Crippen LogP contribution in [0.4, 0.5) is 0 Å². The Morgan fingerprint density at radius 2 is 1.67 bits per heavy atom. The van der Waals surface area contributed by atoms with Crippen molar-refractivity contribution in [1.82, 2.24) is 0 Å². The van der Waals surface area contributed by atoms with Crippen molar-refractivity contribution >= 4 is 9.84 Å². The van der Waals surface area contributed by atoms with Crippen molar-refractivity contribution in [1.29, 1.82) is 5.26 Å². The molecule has 0 unspecified atom stereocenters. The molecule has 4 nitrogen and oxygen atoms in total. The molecule has 3 atom stereocenters. The van der Waals surface area contributed by atoms with Crippen LogP contribution in [0, 0.1) is 16.7 Å². The highest BCUT2D eigenvalue weighted by atomic mass is 32.2. The second-order valence-electron chi connectivity index (χ2n) is 5.96. The minimum Gasteiger partial charge on any atom is -0.380 e. The van der Waals surface area contributed by atoms with Gasteiger partial charge in [0.15, 0.2) is 9.84 Å². The van der Waals surface area contributed by atoms with Crippen LogP contribution in [0.25, 0.3) is 0 Å². The van der Waals surface area contributed by atoms with E-state index in [2.05, 4.69) is 6.07 Å². The van der Waals surface area contributed by atoms with Gasteiger partial charge in [0, 0.05) is 12.5 Å². The maximum atomic E-state index is 13.1. The fourth-order valence-electron chi connectivity index (χ4n) is 3.36. The Hall–Kier alpha value is -2.16. The third-order valence-corrected chi connectivity index (χ3v) is 6.86. The third-order valence-electron chi connectivity index (χ3n) is 4.57. The first-order valence-corrected chi connectivity index (χ1v) is 9.45. The van der Waals surface area contributed by atoms with Gasteiger partial charge in [-0.25, -0.2) is 8.42 Å². The number of nitrogens with zero attached hydrogens (tertiary/aromatic N) is 1. The van der Waals surface area contributed by atoms with Crippen LogP contribution in [0.15, 0.2) is 65.6 Å². The number of ether oxygens (including phenoxy) is 1. The van der Waals surface area contributed by atoms with Gasteiger partial charge in [-0.15, -0.1) is 0 Å². The summed E-state index contributed by atoms with van der Waals surface area (Å²) in [5.41, 5.74) is -0.172. The molecule has 0 amide bonds. The zero-order valence-corrected chi connectivity index (χ0v) is 14.2. The normalized spacial score (nSPS) is 25.8. The molecular formula is C19H19NO3S. The topological polar surface area (TPSA) is 67.2 Å². The summed E-state index contributed by atoms with van der Waals surface area (Å²) in [6.07, 6.45) is 0. The van der Waals surface area contributed by atoms with E-state index in [0.29, 0.717) is 6.61 Å². The average Bonchev–Trinajstić information content (AvgIpc) is 3.32. The molecule has 2 aromatic rings. The summed E-state index contributed by atoms with van der Waals surface area (Å²) in [6.45, 7) is 2.41. The smallest absolute Gasteiger partial charge is 0.183 e. The lowest BCUT2D eigenvalue weighted by Crippen LogP contribution is -2.19. The van der Waals surface area contributed by atoms with Crippen LogP contribution in [0.5, 0.6) is 0 Å². The maximum absolute atomic E-state index is 13.1. The van der Waals surface area contributed by atoms with E-state index < -0.39 is 20.5 Å². The second kappa shape index (κ2) is 6.39. The minimum atomic E-state index is -3.62. The third kappa shape index (κ3) is 2.62. The van der Waals surface area contributed by atoms with E-state index in [0.717, 1.165) is 5.56 Å². The zero-order chi connectivity index (χ0) is 17.2. The van der Waals surface area contributed by atoms with Crippen molar-refractivity contribution in [3.8, 4) is 6.07 Å². The summed E-state index contributed by atoms with van der Waals surface area (Å²) in [5, 5.41) is 9.02. The lowest BCUT2D eigenvalue weighted by Gasteiger charge is -2.09. The van der Waals surface area contributed by atoms with Crippen molar-refractivity contribution in [2.75, 3.05) is 13.2 Å². The van der Waals surface area contributed by atoms with E-state index in [4.69, 9.17) is 4.74 Å². The van der Waals surface area contributed by atoms with E-state index in [-0.39, 0.29) is 17.4 Å². The van der Waals surface area contributed by atoms with Crippen molar-refractivity contribution in [3.05, 3.63) is 66.2 Å². The molecule has 0 N–H and O–H groups in total. The molecular weight excluding hydrogens is 322 g/mol. The van der Waals surface area contributed by atoms with Gasteiger partial charge in [0.2, 0.25) is 0 Å². The molecule has 1 aliphatic rings. The molecule has 0 aliphatic heterocycles. The first kappa shape index (κ1) is 16.7. The van der Waals surface area contributed by atoms with Crippen molar-refractivity contribution < 1.29 is 13.2 Å². The fraction of sp³-hybridized carbons (Fsp3) is 0.316. The van der Waals surface area contributed by atoms with E-state index in [9.17, 15) is 13.7 Å². The molecule has 1 aliphatic carbocycles. The Bertz CT molecular complexity index is 843. The lowest BCUT2D eigenvalue weighted by atomic mass is 10.0. The molecule has 1 saturated carbocycles. The number of rotatable bonds is 6. The summed E-state index contributed by atoms with van der Waals surface area (Å²) < 4.78 is 31.7. The highest BCUT2D eigenvalue weighted by Gasteiger charge is 2.72. The van der Waals surface area contributed by atoms with Crippen LogP contribution >= 0.6 is 0 Å². The van der Waals surface area contributed by atoms with Gasteiger partial charge in [-0.05, 0) is 24.6 Å². The largest absolute Gasteiger partial charge is 0.380 e. The summed E-state index contributed by atoms with van der Waals surface area (Å²) in [5.74, 6) is -0.375. The van der Waals surface area contributed by atoms with Crippen LogP contribution in [-0.4, -0.2) is 26.9 Å². The van der Waals surface area contributed by atoms with E-state index in [1.165, 1.54) is 0 Å². The van der Waals surface area contributed by atoms with Crippen molar-refractivity contribution in [3.63, 3.8) is 0 Å². The Labute approximate surface area is 142 Å². The summed E-state index contributed by atoms with van der Waals surface area (Å²) >= 11 is 0. The first-order chi connectivity index (χ1) is 11.6. The van der Waals surface area contributed by atoms with Crippen LogP contribution in [0.3, 0.4) is 0 Å². The van der Waals surface area contributed by atoms with Gasteiger partial charge in [0.1, 0.15) is 5.41 Å². The summed E-state index contributed by atoms with van der Waals surface area (Å²) in [6, 6.07) is 20.0. The maximum Gasteiger partial charge on any atom is 0.183 e.